The van der Waals surface area contributed by atoms with Crippen molar-refractivity contribution in [2.75, 3.05) is 13.2 Å². The first-order chi connectivity index (χ1) is 12.6. The number of thiazole rings is 1. The molecule has 2 aromatic rings. The lowest BCUT2D eigenvalue weighted by atomic mass is 9.92. The van der Waals surface area contributed by atoms with E-state index >= 15 is 0 Å². The molecule has 0 fully saturated rings. The minimum absolute atomic E-state index is 0.00458. The zero-order valence-corrected chi connectivity index (χ0v) is 18.0. The Morgan fingerprint density at radius 3 is 2.52 bits per heavy atom. The summed E-state index contributed by atoms with van der Waals surface area (Å²) in [6, 6.07) is 1.88. The molecule has 0 aliphatic carbocycles. The summed E-state index contributed by atoms with van der Waals surface area (Å²) in [5.74, 6) is -0.0146. The highest BCUT2D eigenvalue weighted by molar-refractivity contribution is 7.11. The van der Waals surface area contributed by atoms with Gasteiger partial charge in [-0.05, 0) is 6.07 Å². The van der Waals surface area contributed by atoms with Gasteiger partial charge in [0.05, 0.1) is 41.0 Å². The van der Waals surface area contributed by atoms with Crippen LogP contribution in [0.2, 0.25) is 0 Å². The van der Waals surface area contributed by atoms with Gasteiger partial charge < -0.3 is 10.1 Å². The van der Waals surface area contributed by atoms with Gasteiger partial charge in [0.1, 0.15) is 5.69 Å². The van der Waals surface area contributed by atoms with Gasteiger partial charge in [0.15, 0.2) is 0 Å². The van der Waals surface area contributed by atoms with Crippen LogP contribution in [0.1, 0.15) is 73.3 Å². The third-order valence-corrected chi connectivity index (χ3v) is 6.02. The summed E-state index contributed by atoms with van der Waals surface area (Å²) < 4.78 is 7.18. The third-order valence-electron chi connectivity index (χ3n) is 4.53. The predicted molar refractivity (Wildman–Crippen MR) is 107 cm³/mol. The van der Waals surface area contributed by atoms with Crippen LogP contribution in [0.3, 0.4) is 0 Å². The molecule has 27 heavy (non-hydrogen) atoms. The van der Waals surface area contributed by atoms with Gasteiger partial charge in [-0.15, -0.1) is 11.3 Å². The monoisotopic (exact) mass is 390 g/mol. The first kappa shape index (κ1) is 20.0. The molecule has 1 amide bonds. The Bertz CT molecular complexity index is 801. The molecule has 7 heteroatoms. The van der Waals surface area contributed by atoms with E-state index in [2.05, 4.69) is 56.9 Å². The minimum atomic E-state index is -0.0146. The number of aromatic nitrogens is 3. The fraction of sp³-hybridized carbons (Fsp3) is 0.650. The van der Waals surface area contributed by atoms with Crippen LogP contribution in [0.4, 0.5) is 0 Å². The summed E-state index contributed by atoms with van der Waals surface area (Å²) in [4.78, 5) is 17.4. The highest BCUT2D eigenvalue weighted by atomic mass is 32.1. The van der Waals surface area contributed by atoms with E-state index in [1.165, 1.54) is 15.6 Å². The molecule has 1 N–H and O–H groups in total. The first-order valence-electron chi connectivity index (χ1n) is 9.49. The third kappa shape index (κ3) is 4.58. The van der Waals surface area contributed by atoms with Gasteiger partial charge in [-0.3, -0.25) is 9.48 Å². The highest BCUT2D eigenvalue weighted by Gasteiger charge is 2.25. The minimum Gasteiger partial charge on any atom is -0.375 e. The molecule has 2 aromatic heterocycles. The van der Waals surface area contributed by atoms with Crippen molar-refractivity contribution in [3.8, 4) is 0 Å². The quantitative estimate of drug-likeness (QED) is 0.748. The highest BCUT2D eigenvalue weighted by Crippen LogP contribution is 2.31. The van der Waals surface area contributed by atoms with Crippen LogP contribution in [0.25, 0.3) is 0 Å². The normalized spacial score (nSPS) is 16.7. The van der Waals surface area contributed by atoms with Crippen molar-refractivity contribution in [2.45, 2.75) is 71.9 Å². The van der Waals surface area contributed by atoms with E-state index in [-0.39, 0.29) is 16.7 Å². The van der Waals surface area contributed by atoms with Crippen molar-refractivity contribution in [1.82, 2.24) is 20.1 Å². The number of carbonyl (C=O) groups is 1. The van der Waals surface area contributed by atoms with Crippen molar-refractivity contribution in [3.05, 3.63) is 33.0 Å². The van der Waals surface area contributed by atoms with E-state index in [1.54, 1.807) is 16.0 Å². The molecule has 0 saturated carbocycles. The maximum absolute atomic E-state index is 11.5. The van der Waals surface area contributed by atoms with Crippen molar-refractivity contribution in [1.29, 1.82) is 0 Å². The summed E-state index contributed by atoms with van der Waals surface area (Å²) in [6.07, 6.45) is 0.988. The van der Waals surface area contributed by atoms with Gasteiger partial charge in [0.25, 0.3) is 5.91 Å². The standard InChI is InChI=1S/C10H15N3O.C10H15NOS/c1-10(2,3)8-6-7-9(14)11-4-5-13(7)12-8;1-10(2,3)9-11-7-4-5-12-6-8(7)13-9/h6H,4-5H2,1-3H3,(H,11,14);4-6H2,1-3H3. The lowest BCUT2D eigenvalue weighted by molar-refractivity contribution is 0.0924. The molecular formula is C20H30N4O2S. The summed E-state index contributed by atoms with van der Waals surface area (Å²) in [5.41, 5.74) is 3.11. The maximum atomic E-state index is 11.5. The molecule has 0 atom stereocenters. The molecule has 2 aliphatic heterocycles. The smallest absolute Gasteiger partial charge is 0.269 e. The molecule has 6 nitrogen and oxygen atoms in total. The lowest BCUT2D eigenvalue weighted by Crippen LogP contribution is -2.35. The van der Waals surface area contributed by atoms with E-state index in [0.29, 0.717) is 12.2 Å². The molecule has 0 unspecified atom stereocenters. The Kier molecular flexibility index (Phi) is 5.45. The van der Waals surface area contributed by atoms with E-state index in [9.17, 15) is 4.79 Å². The first-order valence-corrected chi connectivity index (χ1v) is 10.3. The van der Waals surface area contributed by atoms with Crippen molar-refractivity contribution in [2.24, 2.45) is 0 Å². The topological polar surface area (TPSA) is 69.0 Å². The number of carbonyl (C=O) groups excluding carboxylic acids is 1. The average Bonchev–Trinajstić information content (AvgIpc) is 3.19. The van der Waals surface area contributed by atoms with E-state index < -0.39 is 0 Å². The molecule has 0 saturated heterocycles. The second-order valence-corrected chi connectivity index (χ2v) is 10.2. The number of nitrogens with one attached hydrogen (secondary N) is 1. The molecule has 0 bridgehead atoms. The molecule has 2 aliphatic rings. The second-order valence-electron chi connectivity index (χ2n) is 9.09. The van der Waals surface area contributed by atoms with Gasteiger partial charge in [0, 0.05) is 23.8 Å². The van der Waals surface area contributed by atoms with Gasteiger partial charge >= 0.3 is 0 Å². The van der Waals surface area contributed by atoms with Gasteiger partial charge in [0.2, 0.25) is 0 Å². The van der Waals surface area contributed by atoms with Crippen molar-refractivity contribution in [3.63, 3.8) is 0 Å². The van der Waals surface area contributed by atoms with E-state index in [1.807, 2.05) is 6.07 Å². The Labute approximate surface area is 165 Å². The van der Waals surface area contributed by atoms with Crippen LogP contribution < -0.4 is 5.32 Å². The number of fused-ring (bicyclic) bond motifs is 2. The molecular weight excluding hydrogens is 360 g/mol. The van der Waals surface area contributed by atoms with Gasteiger partial charge in [-0.25, -0.2) is 4.98 Å². The maximum Gasteiger partial charge on any atom is 0.269 e. The average molecular weight is 391 g/mol. The number of nitrogens with zero attached hydrogens (tertiary/aromatic N) is 3. The van der Waals surface area contributed by atoms with Crippen LogP contribution in [-0.2, 0) is 35.1 Å². The SMILES string of the molecule is CC(C)(C)c1cc2n(n1)CCNC2=O.CC(C)(C)c1nc2c(s1)COCC2. The summed E-state index contributed by atoms with van der Waals surface area (Å²) in [6.45, 7) is 16.0. The number of hydrogen-bond acceptors (Lipinski definition) is 5. The number of hydrogen-bond donors (Lipinski definition) is 1. The van der Waals surface area contributed by atoms with E-state index in [4.69, 9.17) is 4.74 Å². The largest absolute Gasteiger partial charge is 0.375 e. The van der Waals surface area contributed by atoms with Crippen LogP contribution in [0.5, 0.6) is 0 Å². The Morgan fingerprint density at radius 2 is 1.93 bits per heavy atom. The van der Waals surface area contributed by atoms with Crippen LogP contribution in [-0.4, -0.2) is 33.8 Å². The zero-order valence-electron chi connectivity index (χ0n) is 17.2. The molecule has 4 rings (SSSR count). The van der Waals surface area contributed by atoms with Crippen LogP contribution >= 0.6 is 11.3 Å². The predicted octanol–water partition coefficient (Wildman–Crippen LogP) is 3.44. The Balaban J connectivity index is 0.000000156. The van der Waals surface area contributed by atoms with Gasteiger partial charge in [-0.1, -0.05) is 41.5 Å². The number of rotatable bonds is 0. The molecule has 0 radical (unpaired) electrons. The van der Waals surface area contributed by atoms with Gasteiger partial charge in [-0.2, -0.15) is 5.10 Å². The number of ether oxygens (including phenoxy) is 1. The summed E-state index contributed by atoms with van der Waals surface area (Å²) >= 11 is 1.81. The lowest BCUT2D eigenvalue weighted by Gasteiger charge is -2.14. The second kappa shape index (κ2) is 7.36. The molecule has 148 valence electrons. The van der Waals surface area contributed by atoms with Crippen molar-refractivity contribution < 1.29 is 9.53 Å². The van der Waals surface area contributed by atoms with E-state index in [0.717, 1.165) is 31.9 Å². The van der Waals surface area contributed by atoms with Crippen molar-refractivity contribution >= 4 is 17.2 Å². The van der Waals surface area contributed by atoms with Crippen LogP contribution in [0, 0.1) is 0 Å². The van der Waals surface area contributed by atoms with Crippen LogP contribution in [0.15, 0.2) is 6.07 Å². The molecule has 0 spiro atoms. The Hall–Kier alpha value is -1.73. The summed E-state index contributed by atoms with van der Waals surface area (Å²) in [7, 11) is 0. The molecule has 4 heterocycles. The molecule has 0 aromatic carbocycles. The zero-order chi connectivity index (χ0) is 19.8. The fourth-order valence-electron chi connectivity index (χ4n) is 2.85. The fourth-order valence-corrected chi connectivity index (χ4v) is 3.95. The Morgan fingerprint density at radius 1 is 1.19 bits per heavy atom. The summed E-state index contributed by atoms with van der Waals surface area (Å²) in [5, 5.41) is 8.47. The number of amides is 1.